The number of fused-ring (bicyclic) bond motifs is 1. The molecule has 0 unspecified atom stereocenters. The lowest BCUT2D eigenvalue weighted by molar-refractivity contribution is 0.0595. The summed E-state index contributed by atoms with van der Waals surface area (Å²) in [5.41, 5.74) is 1.21. The van der Waals surface area contributed by atoms with Gasteiger partial charge in [-0.1, -0.05) is 11.6 Å². The monoisotopic (exact) mass is 385 g/mol. The topological polar surface area (TPSA) is 67.6 Å². The largest absolute Gasteiger partial charge is 0.507 e. The summed E-state index contributed by atoms with van der Waals surface area (Å²) < 4.78 is 7.63. The third-order valence-corrected chi connectivity index (χ3v) is 5.19. The molecular weight excluding hydrogens is 366 g/mol. The zero-order valence-electron chi connectivity index (χ0n) is 14.9. The number of ether oxygens (including phenoxy) is 1. The van der Waals surface area contributed by atoms with E-state index in [4.69, 9.17) is 16.3 Å². The summed E-state index contributed by atoms with van der Waals surface area (Å²) in [6.07, 6.45) is 3.18. The third-order valence-electron chi connectivity index (χ3n) is 4.94. The van der Waals surface area contributed by atoms with Gasteiger partial charge in [-0.05, 0) is 36.4 Å². The van der Waals surface area contributed by atoms with Crippen molar-refractivity contribution in [2.75, 3.05) is 13.1 Å². The number of hydrogen-bond acceptors (Lipinski definition) is 4. The zero-order chi connectivity index (χ0) is 19.0. The van der Waals surface area contributed by atoms with E-state index in [1.54, 1.807) is 41.0 Å². The number of aryl methyl sites for hydroxylation is 1. The molecule has 1 aliphatic heterocycles. The third kappa shape index (κ3) is 3.57. The van der Waals surface area contributed by atoms with Gasteiger partial charge in [0.25, 0.3) is 5.91 Å². The van der Waals surface area contributed by atoms with Gasteiger partial charge in [0.05, 0.1) is 17.1 Å². The molecule has 140 valence electrons. The molecule has 0 saturated carbocycles. The molecular formula is C20H20ClN3O3. The molecule has 3 aromatic rings. The summed E-state index contributed by atoms with van der Waals surface area (Å²) in [6.45, 7) is 1.22. The van der Waals surface area contributed by atoms with Crippen LogP contribution in [0, 0.1) is 0 Å². The Bertz CT molecular complexity index is 976. The van der Waals surface area contributed by atoms with Crippen molar-refractivity contribution < 1.29 is 14.6 Å². The number of carbonyl (C=O) groups is 1. The van der Waals surface area contributed by atoms with Crippen LogP contribution in [0.15, 0.2) is 42.6 Å². The summed E-state index contributed by atoms with van der Waals surface area (Å²) in [6, 6.07) is 10.6. The number of piperidine rings is 1. The highest BCUT2D eigenvalue weighted by molar-refractivity contribution is 6.30. The van der Waals surface area contributed by atoms with E-state index in [0.717, 1.165) is 24.1 Å². The number of phenols is 1. The Labute approximate surface area is 161 Å². The molecule has 1 fully saturated rings. The van der Waals surface area contributed by atoms with Gasteiger partial charge >= 0.3 is 0 Å². The molecule has 0 aliphatic carbocycles. The summed E-state index contributed by atoms with van der Waals surface area (Å²) in [4.78, 5) is 14.7. The number of nitrogens with zero attached hydrogens (tertiary/aromatic N) is 3. The van der Waals surface area contributed by atoms with Crippen LogP contribution in [0.1, 0.15) is 23.2 Å². The van der Waals surface area contributed by atoms with Gasteiger partial charge in [0, 0.05) is 43.6 Å². The van der Waals surface area contributed by atoms with Crippen molar-refractivity contribution in [2.24, 2.45) is 7.05 Å². The van der Waals surface area contributed by atoms with Crippen LogP contribution in [0.25, 0.3) is 10.9 Å². The first-order valence-electron chi connectivity index (χ1n) is 8.87. The van der Waals surface area contributed by atoms with Crippen LogP contribution in [0.5, 0.6) is 11.5 Å². The predicted molar refractivity (Wildman–Crippen MR) is 103 cm³/mol. The van der Waals surface area contributed by atoms with Gasteiger partial charge in [0.15, 0.2) is 0 Å². The Hall–Kier alpha value is -2.73. The smallest absolute Gasteiger partial charge is 0.254 e. The van der Waals surface area contributed by atoms with Crippen LogP contribution in [0.2, 0.25) is 5.02 Å². The highest BCUT2D eigenvalue weighted by Crippen LogP contribution is 2.28. The average Bonchev–Trinajstić information content (AvgIpc) is 3.05. The van der Waals surface area contributed by atoms with E-state index in [-0.39, 0.29) is 17.8 Å². The zero-order valence-corrected chi connectivity index (χ0v) is 15.7. The molecule has 1 aliphatic rings. The molecule has 0 spiro atoms. The van der Waals surface area contributed by atoms with Crippen LogP contribution in [0.4, 0.5) is 0 Å². The van der Waals surface area contributed by atoms with Gasteiger partial charge in [0.2, 0.25) is 0 Å². The fourth-order valence-corrected chi connectivity index (χ4v) is 3.54. The second-order valence-corrected chi connectivity index (χ2v) is 7.20. The number of rotatable bonds is 3. The second-order valence-electron chi connectivity index (χ2n) is 6.76. The lowest BCUT2D eigenvalue weighted by Crippen LogP contribution is -2.41. The fourth-order valence-electron chi connectivity index (χ4n) is 3.42. The van der Waals surface area contributed by atoms with Crippen molar-refractivity contribution in [2.45, 2.75) is 18.9 Å². The molecule has 0 bridgehead atoms. The maximum absolute atomic E-state index is 12.9. The van der Waals surface area contributed by atoms with Crippen molar-refractivity contribution in [3.63, 3.8) is 0 Å². The fraction of sp³-hybridized carbons (Fsp3) is 0.300. The SMILES string of the molecule is Cn1ncc2c(O)cc(C(=O)N3CCC(Oc4ccc(Cl)cc4)CC3)cc21. The van der Waals surface area contributed by atoms with E-state index in [2.05, 4.69) is 5.10 Å². The molecule has 27 heavy (non-hydrogen) atoms. The Kier molecular flexibility index (Phi) is 4.66. The molecule has 1 N–H and O–H groups in total. The highest BCUT2D eigenvalue weighted by Gasteiger charge is 2.25. The quantitative estimate of drug-likeness (QED) is 0.747. The summed E-state index contributed by atoms with van der Waals surface area (Å²) in [7, 11) is 1.79. The van der Waals surface area contributed by atoms with Gasteiger partial charge in [-0.15, -0.1) is 0 Å². The minimum Gasteiger partial charge on any atom is -0.507 e. The van der Waals surface area contributed by atoms with E-state index in [1.807, 2.05) is 12.1 Å². The van der Waals surface area contributed by atoms with Gasteiger partial charge in [-0.2, -0.15) is 5.10 Å². The minimum atomic E-state index is -0.0849. The maximum Gasteiger partial charge on any atom is 0.254 e. The van der Waals surface area contributed by atoms with Crippen molar-refractivity contribution >= 4 is 28.4 Å². The van der Waals surface area contributed by atoms with Crippen LogP contribution in [0.3, 0.4) is 0 Å². The average molecular weight is 386 g/mol. The van der Waals surface area contributed by atoms with E-state index in [9.17, 15) is 9.90 Å². The maximum atomic E-state index is 12.9. The summed E-state index contributed by atoms with van der Waals surface area (Å²) in [5, 5.41) is 15.6. The molecule has 7 heteroatoms. The van der Waals surface area contributed by atoms with Gasteiger partial charge in [-0.25, -0.2) is 0 Å². The molecule has 6 nitrogen and oxygen atoms in total. The molecule has 2 aromatic carbocycles. The van der Waals surface area contributed by atoms with Crippen molar-refractivity contribution in [1.29, 1.82) is 0 Å². The highest BCUT2D eigenvalue weighted by atomic mass is 35.5. The molecule has 1 saturated heterocycles. The van der Waals surface area contributed by atoms with Crippen LogP contribution < -0.4 is 4.74 Å². The van der Waals surface area contributed by atoms with Crippen LogP contribution >= 0.6 is 11.6 Å². The summed E-state index contributed by atoms with van der Waals surface area (Å²) >= 11 is 5.89. The van der Waals surface area contributed by atoms with Crippen LogP contribution in [-0.2, 0) is 7.05 Å². The van der Waals surface area contributed by atoms with Crippen molar-refractivity contribution in [1.82, 2.24) is 14.7 Å². The van der Waals surface area contributed by atoms with Crippen molar-refractivity contribution in [3.8, 4) is 11.5 Å². The standard InChI is InChI=1S/C20H20ClN3O3/c1-23-18-10-13(11-19(25)17(18)12-22-23)20(26)24-8-6-16(7-9-24)27-15-4-2-14(21)3-5-15/h2-5,10-12,16,25H,6-9H2,1H3. The Morgan fingerprint density at radius 3 is 2.63 bits per heavy atom. The number of phenolic OH excluding ortho intramolecular Hbond substituents is 1. The number of halogens is 1. The molecule has 1 aromatic heterocycles. The van der Waals surface area contributed by atoms with Gasteiger partial charge < -0.3 is 14.7 Å². The van der Waals surface area contributed by atoms with Gasteiger partial charge in [0.1, 0.15) is 17.6 Å². The minimum absolute atomic E-state index is 0.0724. The lowest BCUT2D eigenvalue weighted by atomic mass is 10.1. The molecule has 4 rings (SSSR count). The number of amides is 1. The molecule has 2 heterocycles. The first-order valence-corrected chi connectivity index (χ1v) is 9.25. The number of hydrogen-bond donors (Lipinski definition) is 1. The number of benzene rings is 2. The number of carbonyl (C=O) groups excluding carboxylic acids is 1. The molecule has 0 atom stereocenters. The van der Waals surface area contributed by atoms with Crippen molar-refractivity contribution in [3.05, 3.63) is 53.2 Å². The first-order chi connectivity index (χ1) is 13.0. The summed E-state index contributed by atoms with van der Waals surface area (Å²) in [5.74, 6) is 0.777. The van der Waals surface area contributed by atoms with Crippen LogP contribution in [-0.4, -0.2) is 44.9 Å². The number of likely N-dealkylation sites (tertiary alicyclic amines) is 1. The Morgan fingerprint density at radius 2 is 1.93 bits per heavy atom. The predicted octanol–water partition coefficient (Wildman–Crippen LogP) is 3.62. The Balaban J connectivity index is 1.42. The van der Waals surface area contributed by atoms with E-state index < -0.39 is 0 Å². The molecule has 1 amide bonds. The van der Waals surface area contributed by atoms with E-state index in [0.29, 0.717) is 29.1 Å². The normalized spacial score (nSPS) is 15.3. The second kappa shape index (κ2) is 7.12. The van der Waals surface area contributed by atoms with E-state index in [1.165, 1.54) is 6.07 Å². The van der Waals surface area contributed by atoms with Gasteiger partial charge in [-0.3, -0.25) is 9.48 Å². The number of aromatic hydroxyl groups is 1. The molecule has 0 radical (unpaired) electrons. The Morgan fingerprint density at radius 1 is 1.22 bits per heavy atom. The first kappa shape index (κ1) is 17.7. The number of aromatic nitrogens is 2. The lowest BCUT2D eigenvalue weighted by Gasteiger charge is -2.32. The van der Waals surface area contributed by atoms with E-state index >= 15 is 0 Å².